The first-order valence-electron chi connectivity index (χ1n) is 4.61. The van der Waals surface area contributed by atoms with Crippen LogP contribution in [0.1, 0.15) is 5.56 Å². The zero-order valence-corrected chi connectivity index (χ0v) is 9.18. The minimum atomic E-state index is -2.06. The summed E-state index contributed by atoms with van der Waals surface area (Å²) in [7, 11) is 0. The van der Waals surface area contributed by atoms with Crippen LogP contribution in [-0.4, -0.2) is 21.7 Å². The predicted octanol–water partition coefficient (Wildman–Crippen LogP) is 2.34. The van der Waals surface area contributed by atoms with Gasteiger partial charge in [-0.3, -0.25) is 9.89 Å². The van der Waals surface area contributed by atoms with E-state index in [-0.39, 0.29) is 0 Å². The zero-order chi connectivity index (χ0) is 11.7. The van der Waals surface area contributed by atoms with Gasteiger partial charge in [0.2, 0.25) is 0 Å². The third kappa shape index (κ3) is 1.86. The normalized spacial score (nSPS) is 12.7. The molecule has 84 valence electrons. The van der Waals surface area contributed by atoms with Gasteiger partial charge in [0.25, 0.3) is 11.5 Å². The van der Waals surface area contributed by atoms with Gasteiger partial charge in [0.15, 0.2) is 0 Å². The average molecular weight is 242 g/mol. The van der Waals surface area contributed by atoms with Crippen molar-refractivity contribution < 1.29 is 9.18 Å². The third-order valence-electron chi connectivity index (χ3n) is 2.29. The number of hydrogen-bond donors (Lipinski definition) is 2. The molecular formula is C10H9ClFN3O. The van der Waals surface area contributed by atoms with Crippen LogP contribution in [0.4, 0.5) is 10.1 Å². The second-order valence-electron chi connectivity index (χ2n) is 3.38. The number of nitrogens with zero attached hydrogens (tertiary/aromatic N) is 1. The maximum Gasteiger partial charge on any atom is 0.274 e. The summed E-state index contributed by atoms with van der Waals surface area (Å²) in [6.45, 7) is 1.92. The molecule has 6 heteroatoms. The maximum atomic E-state index is 12.5. The SMILES string of the molecule is Cc1ccc(NC(=O)C(F)Cl)c2[nH]ncc12. The highest BCUT2D eigenvalue weighted by Crippen LogP contribution is 2.24. The number of carbonyl (C=O) groups excluding carboxylic acids is 1. The fourth-order valence-electron chi connectivity index (χ4n) is 1.46. The topological polar surface area (TPSA) is 57.8 Å². The molecule has 0 radical (unpaired) electrons. The molecule has 0 aliphatic carbocycles. The van der Waals surface area contributed by atoms with Gasteiger partial charge < -0.3 is 5.32 Å². The molecule has 1 aromatic heterocycles. The molecule has 0 spiro atoms. The van der Waals surface area contributed by atoms with E-state index in [9.17, 15) is 9.18 Å². The molecule has 16 heavy (non-hydrogen) atoms. The quantitative estimate of drug-likeness (QED) is 0.793. The highest BCUT2D eigenvalue weighted by atomic mass is 35.5. The van der Waals surface area contributed by atoms with E-state index in [2.05, 4.69) is 15.5 Å². The van der Waals surface area contributed by atoms with Gasteiger partial charge in [-0.2, -0.15) is 5.10 Å². The first-order valence-corrected chi connectivity index (χ1v) is 5.05. The monoisotopic (exact) mass is 241 g/mol. The Kier molecular flexibility index (Phi) is 2.78. The lowest BCUT2D eigenvalue weighted by Crippen LogP contribution is -2.19. The van der Waals surface area contributed by atoms with Crippen molar-refractivity contribution in [1.29, 1.82) is 0 Å². The molecule has 0 saturated carbocycles. The van der Waals surface area contributed by atoms with Crippen LogP contribution in [0, 0.1) is 6.92 Å². The summed E-state index contributed by atoms with van der Waals surface area (Å²) in [5.74, 6) is -0.888. The summed E-state index contributed by atoms with van der Waals surface area (Å²) in [5, 5.41) is 9.87. The molecule has 0 aliphatic heterocycles. The van der Waals surface area contributed by atoms with Crippen molar-refractivity contribution in [3.63, 3.8) is 0 Å². The van der Waals surface area contributed by atoms with Crippen molar-refractivity contribution >= 4 is 34.1 Å². The van der Waals surface area contributed by atoms with Crippen molar-refractivity contribution in [3.05, 3.63) is 23.9 Å². The van der Waals surface area contributed by atoms with E-state index in [1.54, 1.807) is 12.3 Å². The van der Waals surface area contributed by atoms with Crippen LogP contribution >= 0.6 is 11.6 Å². The maximum absolute atomic E-state index is 12.5. The lowest BCUT2D eigenvalue weighted by Gasteiger charge is -2.06. The summed E-state index contributed by atoms with van der Waals surface area (Å²) < 4.78 is 12.5. The lowest BCUT2D eigenvalue weighted by atomic mass is 10.1. The molecule has 0 saturated heterocycles. The Morgan fingerprint density at radius 1 is 1.62 bits per heavy atom. The molecule has 1 heterocycles. The molecule has 0 fully saturated rings. The van der Waals surface area contributed by atoms with Gasteiger partial charge in [-0.1, -0.05) is 17.7 Å². The second-order valence-corrected chi connectivity index (χ2v) is 3.76. The van der Waals surface area contributed by atoms with Crippen LogP contribution in [0.5, 0.6) is 0 Å². The summed E-state index contributed by atoms with van der Waals surface area (Å²) in [5.41, 5.74) is 0.0840. The molecule has 0 bridgehead atoms. The van der Waals surface area contributed by atoms with E-state index >= 15 is 0 Å². The molecule has 1 amide bonds. The van der Waals surface area contributed by atoms with Crippen molar-refractivity contribution in [2.45, 2.75) is 12.6 Å². The van der Waals surface area contributed by atoms with E-state index < -0.39 is 11.5 Å². The number of alkyl halides is 2. The number of aromatic amines is 1. The van der Waals surface area contributed by atoms with Gasteiger partial charge in [-0.15, -0.1) is 0 Å². The van der Waals surface area contributed by atoms with Gasteiger partial charge in [0, 0.05) is 5.39 Å². The highest BCUT2D eigenvalue weighted by Gasteiger charge is 2.15. The van der Waals surface area contributed by atoms with E-state index in [4.69, 9.17) is 11.6 Å². The average Bonchev–Trinajstić information content (AvgIpc) is 2.71. The number of rotatable bonds is 2. The van der Waals surface area contributed by atoms with Crippen LogP contribution in [0.15, 0.2) is 18.3 Å². The molecule has 2 rings (SSSR count). The fourth-order valence-corrected chi connectivity index (χ4v) is 1.52. The Morgan fingerprint density at radius 3 is 3.06 bits per heavy atom. The minimum Gasteiger partial charge on any atom is -0.321 e. The number of halogens is 2. The van der Waals surface area contributed by atoms with Crippen LogP contribution in [0.2, 0.25) is 0 Å². The molecule has 1 unspecified atom stereocenters. The van der Waals surface area contributed by atoms with Gasteiger partial charge in [-0.05, 0) is 18.6 Å². The summed E-state index contributed by atoms with van der Waals surface area (Å²) >= 11 is 5.03. The Hall–Kier alpha value is -1.62. The number of benzene rings is 1. The summed E-state index contributed by atoms with van der Waals surface area (Å²) in [6, 6.07) is 3.49. The van der Waals surface area contributed by atoms with Crippen LogP contribution in [0.25, 0.3) is 10.9 Å². The number of amides is 1. The molecule has 2 N–H and O–H groups in total. The first kappa shape index (κ1) is 10.9. The molecule has 0 aliphatic rings. The number of aromatic nitrogens is 2. The van der Waals surface area contributed by atoms with Gasteiger partial charge in [0.1, 0.15) is 0 Å². The molecule has 1 aromatic carbocycles. The summed E-state index contributed by atoms with van der Waals surface area (Å²) in [6.07, 6.45) is 1.65. The van der Waals surface area contributed by atoms with Gasteiger partial charge in [-0.25, -0.2) is 4.39 Å². The number of hydrogen-bond acceptors (Lipinski definition) is 2. The Bertz CT molecular complexity index is 538. The van der Waals surface area contributed by atoms with Crippen LogP contribution < -0.4 is 5.32 Å². The largest absolute Gasteiger partial charge is 0.321 e. The predicted molar refractivity (Wildman–Crippen MR) is 60.2 cm³/mol. The number of aryl methyl sites for hydroxylation is 1. The number of H-pyrrole nitrogens is 1. The fraction of sp³-hybridized carbons (Fsp3) is 0.200. The number of fused-ring (bicyclic) bond motifs is 1. The zero-order valence-electron chi connectivity index (χ0n) is 8.42. The standard InChI is InChI=1S/C10H9ClFN3O/c1-5-2-3-7(14-10(16)9(11)12)8-6(5)4-13-15-8/h2-4,9H,1H3,(H,13,15)(H,14,16). The number of nitrogens with one attached hydrogen (secondary N) is 2. The van der Waals surface area contributed by atoms with Crippen LogP contribution in [-0.2, 0) is 4.79 Å². The Balaban J connectivity index is 2.42. The van der Waals surface area contributed by atoms with Crippen molar-refractivity contribution in [1.82, 2.24) is 10.2 Å². The van der Waals surface area contributed by atoms with Gasteiger partial charge in [0.05, 0.1) is 17.4 Å². The van der Waals surface area contributed by atoms with E-state index in [0.717, 1.165) is 10.9 Å². The van der Waals surface area contributed by atoms with Crippen LogP contribution in [0.3, 0.4) is 0 Å². The second kappa shape index (κ2) is 4.09. The number of carbonyl (C=O) groups is 1. The third-order valence-corrected chi connectivity index (χ3v) is 2.49. The van der Waals surface area contributed by atoms with Gasteiger partial charge >= 0.3 is 0 Å². The minimum absolute atomic E-state index is 0.464. The Labute approximate surface area is 95.8 Å². The molecule has 4 nitrogen and oxygen atoms in total. The Morgan fingerprint density at radius 2 is 2.38 bits per heavy atom. The van der Waals surface area contributed by atoms with E-state index in [0.29, 0.717) is 11.2 Å². The van der Waals surface area contributed by atoms with Crippen molar-refractivity contribution in [3.8, 4) is 0 Å². The summed E-state index contributed by atoms with van der Waals surface area (Å²) in [4.78, 5) is 11.1. The highest BCUT2D eigenvalue weighted by molar-refractivity contribution is 6.31. The molecule has 1 atom stereocenters. The van der Waals surface area contributed by atoms with E-state index in [1.165, 1.54) is 0 Å². The smallest absolute Gasteiger partial charge is 0.274 e. The molecule has 2 aromatic rings. The number of anilines is 1. The van der Waals surface area contributed by atoms with E-state index in [1.807, 2.05) is 13.0 Å². The van der Waals surface area contributed by atoms with Crippen molar-refractivity contribution in [2.75, 3.05) is 5.32 Å². The molecular weight excluding hydrogens is 233 g/mol. The van der Waals surface area contributed by atoms with Crippen molar-refractivity contribution in [2.24, 2.45) is 0 Å². The first-order chi connectivity index (χ1) is 7.59. The lowest BCUT2D eigenvalue weighted by molar-refractivity contribution is -0.118.